The summed E-state index contributed by atoms with van der Waals surface area (Å²) in [4.78, 5) is 27.5. The van der Waals surface area contributed by atoms with Gasteiger partial charge in [-0.25, -0.2) is 9.97 Å². The number of carboxylic acid groups (broad SMARTS) is 1. The molecule has 0 amide bonds. The predicted molar refractivity (Wildman–Crippen MR) is 207 cm³/mol. The molecule has 1 saturated heterocycles. The number of hydrogen-bond donors (Lipinski definition) is 4. The highest BCUT2D eigenvalue weighted by atomic mass is 35.5. The van der Waals surface area contributed by atoms with Crippen LogP contribution >= 0.6 is 11.6 Å². The van der Waals surface area contributed by atoms with Gasteiger partial charge in [-0.05, 0) is 67.1 Å². The Balaban J connectivity index is 1.22. The van der Waals surface area contributed by atoms with Crippen LogP contribution in [0.3, 0.4) is 0 Å². The third kappa shape index (κ3) is 9.28. The summed E-state index contributed by atoms with van der Waals surface area (Å²) >= 11 is 6.75. The molecule has 6 rings (SSSR count). The van der Waals surface area contributed by atoms with Crippen LogP contribution in [0.5, 0.6) is 11.5 Å². The van der Waals surface area contributed by atoms with E-state index in [1.54, 1.807) is 24.4 Å². The standard InChI is InChI=1S/C42H43ClN6O6/c1-26-31(6-4-7-34(26)35-8-5-9-36(27(35)2)40-46-18-30(19-47-40)21-49-11-10-33(51)22-49)24-55-39-14-38(54-23-29-12-28(15-44)16-45-17-29)32(13-37(39)43)20-48-42(3,25-50)41(52)53/h4-9,12-14,16-19,33,48,50-51H,10-11,20-25H2,1-3H3,(H,52,53)/t33-,42?/m1/s1. The molecule has 12 nitrogen and oxygen atoms in total. The highest BCUT2D eigenvalue weighted by molar-refractivity contribution is 6.32. The molecule has 13 heteroatoms. The minimum absolute atomic E-state index is 0.0214. The molecule has 1 aliphatic rings. The molecule has 2 aromatic heterocycles. The lowest BCUT2D eigenvalue weighted by atomic mass is 9.91. The molecule has 3 heterocycles. The number of aromatic nitrogens is 3. The average Bonchev–Trinajstić information content (AvgIpc) is 3.60. The van der Waals surface area contributed by atoms with Gasteiger partial charge in [0.1, 0.15) is 36.3 Å². The SMILES string of the molecule is Cc1c(COc2cc(OCc3cncc(C#N)c3)c(CNC(C)(CO)C(=O)O)cc2Cl)cccc1-c1cccc(-c2ncc(CN3CC[C@@H](O)C3)cn2)c1C. The lowest BCUT2D eigenvalue weighted by Crippen LogP contribution is -2.52. The van der Waals surface area contributed by atoms with E-state index in [2.05, 4.69) is 47.3 Å². The fourth-order valence-electron chi connectivity index (χ4n) is 6.48. The van der Waals surface area contributed by atoms with Crippen LogP contribution in [0.15, 0.2) is 79.4 Å². The van der Waals surface area contributed by atoms with Gasteiger partial charge in [-0.1, -0.05) is 48.0 Å². The van der Waals surface area contributed by atoms with E-state index in [4.69, 9.17) is 31.0 Å². The van der Waals surface area contributed by atoms with Crippen LogP contribution in [0, 0.1) is 25.2 Å². The van der Waals surface area contributed by atoms with E-state index >= 15 is 0 Å². The molecule has 55 heavy (non-hydrogen) atoms. The van der Waals surface area contributed by atoms with Crippen LogP contribution in [0.25, 0.3) is 22.5 Å². The molecular weight excluding hydrogens is 720 g/mol. The second-order valence-corrected chi connectivity index (χ2v) is 14.4. The summed E-state index contributed by atoms with van der Waals surface area (Å²) in [5, 5.41) is 41.8. The molecule has 0 saturated carbocycles. The van der Waals surface area contributed by atoms with E-state index < -0.39 is 18.1 Å². The van der Waals surface area contributed by atoms with Gasteiger partial charge in [-0.15, -0.1) is 0 Å². The third-order valence-corrected chi connectivity index (χ3v) is 10.2. The van der Waals surface area contributed by atoms with E-state index in [0.29, 0.717) is 52.1 Å². The summed E-state index contributed by atoms with van der Waals surface area (Å²) in [5.41, 5.74) is 7.05. The monoisotopic (exact) mass is 762 g/mol. The first-order valence-electron chi connectivity index (χ1n) is 17.9. The predicted octanol–water partition coefficient (Wildman–Crippen LogP) is 6.00. The molecule has 284 valence electrons. The number of benzene rings is 3. The van der Waals surface area contributed by atoms with E-state index in [1.165, 1.54) is 13.1 Å². The number of hydrogen-bond acceptors (Lipinski definition) is 11. The highest BCUT2D eigenvalue weighted by Gasteiger charge is 2.32. The lowest BCUT2D eigenvalue weighted by molar-refractivity contribution is -0.145. The number of ether oxygens (including phenoxy) is 2. The molecule has 4 N–H and O–H groups in total. The van der Waals surface area contributed by atoms with Gasteiger partial charge in [-0.3, -0.25) is 20.0 Å². The zero-order valence-corrected chi connectivity index (χ0v) is 31.7. The Labute approximate surface area is 325 Å². The fourth-order valence-corrected chi connectivity index (χ4v) is 6.72. The minimum Gasteiger partial charge on any atom is -0.488 e. The van der Waals surface area contributed by atoms with E-state index in [1.807, 2.05) is 36.7 Å². The summed E-state index contributed by atoms with van der Waals surface area (Å²) in [5.74, 6) is 0.173. The molecule has 2 atom stereocenters. The Bertz CT molecular complexity index is 2210. The van der Waals surface area contributed by atoms with Gasteiger partial charge < -0.3 is 24.8 Å². The van der Waals surface area contributed by atoms with Crippen molar-refractivity contribution in [1.29, 1.82) is 5.26 Å². The first-order chi connectivity index (χ1) is 26.5. The Morgan fingerprint density at radius 2 is 1.67 bits per heavy atom. The number of likely N-dealkylation sites (tertiary alicyclic amines) is 1. The Morgan fingerprint density at radius 1 is 0.964 bits per heavy atom. The normalized spacial score (nSPS) is 15.3. The Morgan fingerprint density at radius 3 is 2.36 bits per heavy atom. The van der Waals surface area contributed by atoms with Crippen LogP contribution < -0.4 is 14.8 Å². The zero-order chi connectivity index (χ0) is 39.1. The first-order valence-corrected chi connectivity index (χ1v) is 18.3. The van der Waals surface area contributed by atoms with Crippen molar-refractivity contribution in [2.75, 3.05) is 19.7 Å². The van der Waals surface area contributed by atoms with Crippen LogP contribution in [0.4, 0.5) is 0 Å². The topological polar surface area (TPSA) is 174 Å². The van der Waals surface area contributed by atoms with Crippen LogP contribution in [-0.4, -0.2) is 72.5 Å². The summed E-state index contributed by atoms with van der Waals surface area (Å²) < 4.78 is 12.5. The van der Waals surface area contributed by atoms with Crippen molar-refractivity contribution < 1.29 is 29.6 Å². The van der Waals surface area contributed by atoms with E-state index in [9.17, 15) is 25.4 Å². The summed E-state index contributed by atoms with van der Waals surface area (Å²) in [6.07, 6.45) is 7.29. The van der Waals surface area contributed by atoms with Crippen LogP contribution in [0.1, 0.15) is 52.3 Å². The number of halogens is 1. The van der Waals surface area contributed by atoms with Crippen LogP contribution in [0.2, 0.25) is 5.02 Å². The van der Waals surface area contributed by atoms with Gasteiger partial charge >= 0.3 is 5.97 Å². The highest BCUT2D eigenvalue weighted by Crippen LogP contribution is 2.36. The maximum Gasteiger partial charge on any atom is 0.326 e. The smallest absolute Gasteiger partial charge is 0.326 e. The summed E-state index contributed by atoms with van der Waals surface area (Å²) in [7, 11) is 0. The van der Waals surface area contributed by atoms with Gasteiger partial charge in [0.25, 0.3) is 0 Å². The first kappa shape index (κ1) is 39.3. The number of nitrogens with one attached hydrogen (secondary N) is 1. The molecular formula is C42H43ClN6O6. The molecule has 5 aromatic rings. The number of β-amino-alcohol motifs (C(OH)–C–C–N with tert-alkyl or cyclic N) is 1. The van der Waals surface area contributed by atoms with Gasteiger partial charge in [0, 0.05) is 79.3 Å². The second kappa shape index (κ2) is 17.4. The molecule has 0 bridgehead atoms. The van der Waals surface area contributed by atoms with Gasteiger partial charge in [0.05, 0.1) is 23.3 Å². The summed E-state index contributed by atoms with van der Waals surface area (Å²) in [6.45, 7) is 7.40. The van der Waals surface area contributed by atoms with Crippen LogP contribution in [-0.2, 0) is 31.1 Å². The number of aliphatic hydroxyl groups is 2. The maximum absolute atomic E-state index is 11.8. The molecule has 1 unspecified atom stereocenters. The zero-order valence-electron chi connectivity index (χ0n) is 30.9. The molecule has 3 aromatic carbocycles. The van der Waals surface area contributed by atoms with Crippen molar-refractivity contribution in [1.82, 2.24) is 25.2 Å². The van der Waals surface area contributed by atoms with Gasteiger partial charge in [0.2, 0.25) is 0 Å². The minimum atomic E-state index is -1.60. The number of pyridine rings is 1. The summed E-state index contributed by atoms with van der Waals surface area (Å²) in [6, 6.07) is 19.2. The molecule has 0 radical (unpaired) electrons. The number of nitrogens with zero attached hydrogens (tertiary/aromatic N) is 5. The van der Waals surface area contributed by atoms with Crippen molar-refractivity contribution in [3.8, 4) is 40.1 Å². The molecule has 0 spiro atoms. The largest absolute Gasteiger partial charge is 0.488 e. The van der Waals surface area contributed by atoms with Crippen molar-refractivity contribution >= 4 is 17.6 Å². The third-order valence-electron chi connectivity index (χ3n) is 9.94. The number of carboxylic acids is 1. The molecule has 0 aliphatic carbocycles. The number of aliphatic carboxylic acids is 1. The average molecular weight is 763 g/mol. The number of carbonyl (C=O) groups is 1. The van der Waals surface area contributed by atoms with Crippen molar-refractivity contribution in [2.24, 2.45) is 0 Å². The maximum atomic E-state index is 11.8. The number of rotatable bonds is 15. The van der Waals surface area contributed by atoms with Crippen molar-refractivity contribution in [2.45, 2.75) is 65.1 Å². The molecule has 1 fully saturated rings. The van der Waals surface area contributed by atoms with Crippen molar-refractivity contribution in [3.05, 3.63) is 123 Å². The quantitative estimate of drug-likeness (QED) is 0.0982. The van der Waals surface area contributed by atoms with Gasteiger partial charge in [0.15, 0.2) is 5.82 Å². The Kier molecular flexibility index (Phi) is 12.4. The van der Waals surface area contributed by atoms with Crippen molar-refractivity contribution in [3.63, 3.8) is 0 Å². The fraction of sp³-hybridized carbons (Fsp3) is 0.310. The lowest BCUT2D eigenvalue weighted by Gasteiger charge is -2.25. The second-order valence-electron chi connectivity index (χ2n) is 14.0. The number of nitriles is 1. The van der Waals surface area contributed by atoms with Gasteiger partial charge in [-0.2, -0.15) is 5.26 Å². The Hall–Kier alpha value is -5.42. The number of aliphatic hydroxyl groups excluding tert-OH is 2. The molecule has 1 aliphatic heterocycles. The van der Waals surface area contributed by atoms with E-state index in [0.717, 1.165) is 51.9 Å². The van der Waals surface area contributed by atoms with E-state index in [-0.39, 0.29) is 25.9 Å².